The van der Waals surface area contributed by atoms with Crippen LogP contribution >= 0.6 is 0 Å². The van der Waals surface area contributed by atoms with E-state index in [1.807, 2.05) is 5.43 Å². The van der Waals surface area contributed by atoms with Crippen molar-refractivity contribution in [2.45, 2.75) is 6.92 Å². The van der Waals surface area contributed by atoms with Crippen molar-refractivity contribution < 1.29 is 9.83 Å². The lowest BCUT2D eigenvalue weighted by Crippen LogP contribution is -2.09. The number of nitrogens with zero attached hydrogens (tertiary/aromatic N) is 1. The van der Waals surface area contributed by atoms with Crippen molar-refractivity contribution >= 4 is 17.3 Å². The second-order valence-electron chi connectivity index (χ2n) is 2.63. The zero-order valence-corrected chi connectivity index (χ0v) is 7.48. The summed E-state index contributed by atoms with van der Waals surface area (Å²) in [6.07, 6.45) is 0. The highest BCUT2D eigenvalue weighted by Crippen LogP contribution is 2.14. The molecule has 0 saturated carbocycles. The second kappa shape index (κ2) is 4.22. The maximum Gasteiger partial charge on any atom is 0.221 e. The van der Waals surface area contributed by atoms with Crippen LogP contribution in [-0.2, 0) is 4.79 Å². The standard InChI is InChI=1S/C8H9N3O3/c1-6(12)9-7-3-2-4-8(5-7)10-11(13)14/h2-5,10H,1H3,(H,9,12). The first kappa shape index (κ1) is 9.97. The Hall–Kier alpha value is -2.11. The first-order valence-electron chi connectivity index (χ1n) is 3.86. The van der Waals surface area contributed by atoms with Crippen molar-refractivity contribution in [2.24, 2.45) is 0 Å². The van der Waals surface area contributed by atoms with E-state index in [9.17, 15) is 14.9 Å². The van der Waals surface area contributed by atoms with Crippen LogP contribution in [0.1, 0.15) is 6.92 Å². The zero-order valence-electron chi connectivity index (χ0n) is 7.48. The molecule has 6 heteroatoms. The van der Waals surface area contributed by atoms with Gasteiger partial charge in [-0.15, -0.1) is 5.43 Å². The Labute approximate surface area is 80.0 Å². The van der Waals surface area contributed by atoms with Gasteiger partial charge in [-0.05, 0) is 18.2 Å². The molecule has 0 aromatic heterocycles. The average molecular weight is 195 g/mol. The molecule has 0 fully saturated rings. The first-order valence-corrected chi connectivity index (χ1v) is 3.86. The summed E-state index contributed by atoms with van der Waals surface area (Å²) in [5, 5.41) is 12.0. The normalized spacial score (nSPS) is 9.21. The molecule has 0 aliphatic rings. The summed E-state index contributed by atoms with van der Waals surface area (Å²) >= 11 is 0. The highest BCUT2D eigenvalue weighted by Gasteiger charge is 2.00. The summed E-state index contributed by atoms with van der Waals surface area (Å²) in [5.41, 5.74) is 2.83. The number of hydrazine groups is 1. The van der Waals surface area contributed by atoms with E-state index in [0.717, 1.165) is 0 Å². The van der Waals surface area contributed by atoms with E-state index >= 15 is 0 Å². The van der Waals surface area contributed by atoms with Crippen LogP contribution in [0, 0.1) is 10.1 Å². The predicted molar refractivity (Wildman–Crippen MR) is 51.4 cm³/mol. The fraction of sp³-hybridized carbons (Fsp3) is 0.125. The Morgan fingerprint density at radius 2 is 2.07 bits per heavy atom. The molecule has 0 saturated heterocycles. The van der Waals surface area contributed by atoms with Gasteiger partial charge in [0.25, 0.3) is 0 Å². The van der Waals surface area contributed by atoms with Crippen LogP contribution in [0.25, 0.3) is 0 Å². The molecule has 0 radical (unpaired) electrons. The molecule has 1 amide bonds. The fourth-order valence-electron chi connectivity index (χ4n) is 0.975. The third-order valence-electron chi connectivity index (χ3n) is 1.40. The molecule has 0 bridgehead atoms. The van der Waals surface area contributed by atoms with Gasteiger partial charge >= 0.3 is 0 Å². The molecule has 0 unspecified atom stereocenters. The number of nitrogens with one attached hydrogen (secondary N) is 2. The fourth-order valence-corrected chi connectivity index (χ4v) is 0.975. The Morgan fingerprint density at radius 3 is 2.64 bits per heavy atom. The van der Waals surface area contributed by atoms with E-state index in [-0.39, 0.29) is 5.91 Å². The van der Waals surface area contributed by atoms with Gasteiger partial charge in [-0.25, -0.2) is 10.1 Å². The Balaban J connectivity index is 2.78. The van der Waals surface area contributed by atoms with Gasteiger partial charge in [0.1, 0.15) is 5.69 Å². The van der Waals surface area contributed by atoms with Gasteiger partial charge in [0.2, 0.25) is 5.91 Å². The van der Waals surface area contributed by atoms with Crippen molar-refractivity contribution in [3.63, 3.8) is 0 Å². The number of hydrogen-bond donors (Lipinski definition) is 2. The number of nitro groups is 1. The number of rotatable bonds is 3. The van der Waals surface area contributed by atoms with Gasteiger partial charge < -0.3 is 5.32 Å². The van der Waals surface area contributed by atoms with E-state index in [1.165, 1.54) is 19.1 Å². The van der Waals surface area contributed by atoms with Gasteiger partial charge in [-0.1, -0.05) is 6.07 Å². The SMILES string of the molecule is CC(=O)Nc1cccc(N[N+](=O)[O-])c1. The van der Waals surface area contributed by atoms with Crippen molar-refractivity contribution in [2.75, 3.05) is 10.7 Å². The highest BCUT2D eigenvalue weighted by molar-refractivity contribution is 5.89. The van der Waals surface area contributed by atoms with Crippen LogP contribution < -0.4 is 10.7 Å². The van der Waals surface area contributed by atoms with Crippen LogP contribution in [0.5, 0.6) is 0 Å². The van der Waals surface area contributed by atoms with Crippen LogP contribution in [0.2, 0.25) is 0 Å². The monoisotopic (exact) mass is 195 g/mol. The molecule has 0 aliphatic carbocycles. The Kier molecular flexibility index (Phi) is 3.01. The Morgan fingerprint density at radius 1 is 1.43 bits per heavy atom. The number of benzene rings is 1. The second-order valence-corrected chi connectivity index (χ2v) is 2.63. The summed E-state index contributed by atoms with van der Waals surface area (Å²) in [7, 11) is 0. The van der Waals surface area contributed by atoms with E-state index in [1.54, 1.807) is 12.1 Å². The molecule has 74 valence electrons. The number of amides is 1. The van der Waals surface area contributed by atoms with Crippen molar-refractivity contribution in [1.82, 2.24) is 0 Å². The molecule has 0 atom stereocenters. The summed E-state index contributed by atoms with van der Waals surface area (Å²) in [6, 6.07) is 6.27. The quantitative estimate of drug-likeness (QED) is 0.561. The summed E-state index contributed by atoms with van der Waals surface area (Å²) < 4.78 is 0. The molecule has 0 heterocycles. The molecule has 14 heavy (non-hydrogen) atoms. The third kappa shape index (κ3) is 3.10. The lowest BCUT2D eigenvalue weighted by molar-refractivity contribution is -0.445. The number of hydrogen-bond acceptors (Lipinski definition) is 3. The van der Waals surface area contributed by atoms with Crippen LogP contribution in [0.4, 0.5) is 11.4 Å². The zero-order chi connectivity index (χ0) is 10.6. The van der Waals surface area contributed by atoms with Gasteiger partial charge in [0.15, 0.2) is 5.03 Å². The maximum absolute atomic E-state index is 10.7. The molecule has 1 aromatic carbocycles. The largest absolute Gasteiger partial charge is 0.326 e. The molecule has 0 spiro atoms. The van der Waals surface area contributed by atoms with E-state index in [0.29, 0.717) is 11.4 Å². The number of anilines is 2. The topological polar surface area (TPSA) is 84.3 Å². The van der Waals surface area contributed by atoms with Crippen LogP contribution in [0.15, 0.2) is 24.3 Å². The van der Waals surface area contributed by atoms with Gasteiger partial charge in [0, 0.05) is 12.6 Å². The van der Waals surface area contributed by atoms with E-state index in [4.69, 9.17) is 0 Å². The molecule has 1 aromatic rings. The predicted octanol–water partition coefficient (Wildman–Crippen LogP) is 1.25. The summed E-state index contributed by atoms with van der Waals surface area (Å²) in [5.74, 6) is -0.219. The van der Waals surface area contributed by atoms with Gasteiger partial charge in [-0.3, -0.25) is 4.79 Å². The van der Waals surface area contributed by atoms with Crippen LogP contribution in [0.3, 0.4) is 0 Å². The van der Waals surface area contributed by atoms with Crippen LogP contribution in [-0.4, -0.2) is 10.9 Å². The molecule has 1 rings (SSSR count). The number of carbonyl (C=O) groups excluding carboxylic acids is 1. The van der Waals surface area contributed by atoms with Gasteiger partial charge in [-0.2, -0.15) is 0 Å². The van der Waals surface area contributed by atoms with E-state index < -0.39 is 5.03 Å². The van der Waals surface area contributed by atoms with Crippen molar-refractivity contribution in [3.8, 4) is 0 Å². The van der Waals surface area contributed by atoms with E-state index in [2.05, 4.69) is 5.32 Å². The maximum atomic E-state index is 10.7. The van der Waals surface area contributed by atoms with Crippen molar-refractivity contribution in [3.05, 3.63) is 34.4 Å². The Bertz CT molecular complexity index is 333. The average Bonchev–Trinajstić information content (AvgIpc) is 2.01. The minimum absolute atomic E-state index is 0.219. The lowest BCUT2D eigenvalue weighted by Gasteiger charge is -2.02. The lowest BCUT2D eigenvalue weighted by atomic mass is 10.3. The summed E-state index contributed by atoms with van der Waals surface area (Å²) in [4.78, 5) is 20.8. The molecule has 2 N–H and O–H groups in total. The molecular weight excluding hydrogens is 186 g/mol. The summed E-state index contributed by atoms with van der Waals surface area (Å²) in [6.45, 7) is 1.37. The third-order valence-corrected chi connectivity index (χ3v) is 1.40. The minimum Gasteiger partial charge on any atom is -0.326 e. The molecular formula is C8H9N3O3. The molecule has 0 aliphatic heterocycles. The minimum atomic E-state index is -0.660. The number of carbonyl (C=O) groups is 1. The smallest absolute Gasteiger partial charge is 0.221 e. The van der Waals surface area contributed by atoms with Gasteiger partial charge in [0.05, 0.1) is 0 Å². The molecule has 6 nitrogen and oxygen atoms in total. The first-order chi connectivity index (χ1) is 6.58. The van der Waals surface area contributed by atoms with Crippen molar-refractivity contribution in [1.29, 1.82) is 0 Å². The highest BCUT2D eigenvalue weighted by atomic mass is 16.7.